The van der Waals surface area contributed by atoms with Crippen LogP contribution in [0.5, 0.6) is 0 Å². The van der Waals surface area contributed by atoms with Gasteiger partial charge in [-0.25, -0.2) is 18.1 Å². The molecule has 8 heteroatoms. The topological polar surface area (TPSA) is 121 Å². The van der Waals surface area contributed by atoms with E-state index >= 15 is 0 Å². The maximum absolute atomic E-state index is 12.7. The third-order valence-corrected chi connectivity index (χ3v) is 6.82. The number of anilines is 1. The molecule has 1 saturated carbocycles. The Morgan fingerprint density at radius 2 is 1.90 bits per heavy atom. The summed E-state index contributed by atoms with van der Waals surface area (Å²) >= 11 is 0. The van der Waals surface area contributed by atoms with Crippen LogP contribution in [0.3, 0.4) is 0 Å². The number of aromatic nitrogens is 2. The van der Waals surface area contributed by atoms with Gasteiger partial charge in [-0.15, -0.1) is 0 Å². The molecule has 0 aliphatic heterocycles. The molecule has 0 spiro atoms. The molecular weight excluding hydrogens is 388 g/mol. The highest BCUT2D eigenvalue weighted by molar-refractivity contribution is 7.89. The van der Waals surface area contributed by atoms with E-state index in [2.05, 4.69) is 14.7 Å². The van der Waals surface area contributed by atoms with Crippen molar-refractivity contribution < 1.29 is 13.5 Å². The number of sulfonamides is 1. The van der Waals surface area contributed by atoms with Crippen LogP contribution in [0.1, 0.15) is 24.1 Å². The van der Waals surface area contributed by atoms with Gasteiger partial charge in [-0.1, -0.05) is 6.07 Å². The number of benzene rings is 1. The summed E-state index contributed by atoms with van der Waals surface area (Å²) in [7, 11) is -3.67. The van der Waals surface area contributed by atoms with Crippen molar-refractivity contribution in [1.82, 2.24) is 14.7 Å². The van der Waals surface area contributed by atoms with Gasteiger partial charge < -0.3 is 15.8 Å². The highest BCUT2D eigenvalue weighted by Crippen LogP contribution is 2.32. The summed E-state index contributed by atoms with van der Waals surface area (Å²) in [4.78, 5) is 7.76. The summed E-state index contributed by atoms with van der Waals surface area (Å²) in [6.45, 7) is 3.89. The Morgan fingerprint density at radius 1 is 1.14 bits per heavy atom. The maximum Gasteiger partial charge on any atom is 0.240 e. The molecule has 0 saturated heterocycles. The Labute approximate surface area is 170 Å². The fraction of sp³-hybridized carbons (Fsp3) is 0.286. The molecule has 1 aliphatic carbocycles. The molecule has 1 fully saturated rings. The first-order chi connectivity index (χ1) is 13.7. The average Bonchev–Trinajstić information content (AvgIpc) is 3.07. The number of rotatable bonds is 5. The number of hydrogen-bond donors (Lipinski definition) is 4. The van der Waals surface area contributed by atoms with Crippen molar-refractivity contribution >= 4 is 15.8 Å². The van der Waals surface area contributed by atoms with E-state index in [1.165, 1.54) is 0 Å². The lowest BCUT2D eigenvalue weighted by Crippen LogP contribution is -2.46. The average molecular weight is 413 g/mol. The minimum atomic E-state index is -3.67. The van der Waals surface area contributed by atoms with E-state index in [0.717, 1.165) is 33.6 Å². The van der Waals surface area contributed by atoms with E-state index in [-0.39, 0.29) is 10.9 Å². The van der Waals surface area contributed by atoms with Crippen molar-refractivity contribution in [2.45, 2.75) is 43.7 Å². The largest absolute Gasteiger partial charge is 0.393 e. The second-order valence-electron chi connectivity index (χ2n) is 7.63. The van der Waals surface area contributed by atoms with Gasteiger partial charge in [-0.3, -0.25) is 0 Å². The number of aliphatic hydroxyl groups excluding tert-OH is 1. The molecule has 0 radical (unpaired) electrons. The number of nitrogens with zero attached hydrogens (tertiary/aromatic N) is 1. The van der Waals surface area contributed by atoms with Gasteiger partial charge in [0.2, 0.25) is 10.0 Å². The molecular formula is C21H24N4O3S. The van der Waals surface area contributed by atoms with Crippen molar-refractivity contribution in [2.75, 3.05) is 5.73 Å². The molecule has 2 heterocycles. The normalized spacial score (nSPS) is 19.1. The zero-order valence-electron chi connectivity index (χ0n) is 16.3. The zero-order chi connectivity index (χ0) is 20.8. The number of nitrogens with one attached hydrogen (secondary N) is 2. The maximum atomic E-state index is 12.7. The number of aliphatic hydroxyl groups is 1. The Balaban J connectivity index is 1.71. The standard InChI is InChI=1S/C21H24N4O3S/c1-12-3-5-17(29(27,28)25-15-8-16(26)9-15)10-18(12)14-7-19(21(22)23-11-14)20-6-4-13(2)24-20/h3-7,10-11,15-16,24-26H,8-9H2,1-2H3,(H2,22,23). The first-order valence-electron chi connectivity index (χ1n) is 9.46. The molecule has 0 bridgehead atoms. The third-order valence-electron chi connectivity index (χ3n) is 5.31. The van der Waals surface area contributed by atoms with E-state index in [1.807, 2.05) is 32.0 Å². The molecule has 7 nitrogen and oxygen atoms in total. The summed E-state index contributed by atoms with van der Waals surface area (Å²) < 4.78 is 28.2. The fourth-order valence-electron chi connectivity index (χ4n) is 3.55. The van der Waals surface area contributed by atoms with Gasteiger partial charge in [0, 0.05) is 34.8 Å². The smallest absolute Gasteiger partial charge is 0.240 e. The van der Waals surface area contributed by atoms with Crippen LogP contribution in [0, 0.1) is 13.8 Å². The molecule has 3 aromatic rings. The van der Waals surface area contributed by atoms with Gasteiger partial charge in [0.15, 0.2) is 0 Å². The second kappa shape index (κ2) is 7.29. The van der Waals surface area contributed by atoms with Crippen LogP contribution < -0.4 is 10.5 Å². The molecule has 29 heavy (non-hydrogen) atoms. The van der Waals surface area contributed by atoms with Crippen LogP contribution in [-0.4, -0.2) is 35.6 Å². The van der Waals surface area contributed by atoms with Crippen molar-refractivity contribution in [1.29, 1.82) is 0 Å². The molecule has 0 amide bonds. The number of nitrogen functional groups attached to an aromatic ring is 1. The molecule has 1 aliphatic rings. The quantitative estimate of drug-likeness (QED) is 0.513. The van der Waals surface area contributed by atoms with Gasteiger partial charge in [0.05, 0.1) is 11.0 Å². The molecule has 5 N–H and O–H groups in total. The second-order valence-corrected chi connectivity index (χ2v) is 9.35. The summed E-state index contributed by atoms with van der Waals surface area (Å²) in [5.74, 6) is 0.405. The predicted molar refractivity (Wildman–Crippen MR) is 113 cm³/mol. The van der Waals surface area contributed by atoms with Crippen LogP contribution in [0.4, 0.5) is 5.82 Å². The van der Waals surface area contributed by atoms with Crippen molar-refractivity contribution in [3.8, 4) is 22.4 Å². The Morgan fingerprint density at radius 3 is 2.55 bits per heavy atom. The van der Waals surface area contributed by atoms with Crippen molar-refractivity contribution in [3.05, 3.63) is 53.9 Å². The predicted octanol–water partition coefficient (Wildman–Crippen LogP) is 2.74. The van der Waals surface area contributed by atoms with E-state index in [0.29, 0.717) is 18.7 Å². The number of aryl methyl sites for hydroxylation is 2. The molecule has 0 unspecified atom stereocenters. The minimum Gasteiger partial charge on any atom is -0.393 e. The fourth-order valence-corrected chi connectivity index (χ4v) is 4.84. The molecule has 2 aromatic heterocycles. The van der Waals surface area contributed by atoms with Gasteiger partial charge in [-0.2, -0.15) is 0 Å². The van der Waals surface area contributed by atoms with Crippen LogP contribution in [0.15, 0.2) is 47.5 Å². The van der Waals surface area contributed by atoms with E-state index in [1.54, 1.807) is 24.4 Å². The van der Waals surface area contributed by atoms with Gasteiger partial charge in [-0.05, 0) is 68.1 Å². The number of nitrogens with two attached hydrogens (primary N) is 1. The first-order valence-corrected chi connectivity index (χ1v) is 10.9. The molecule has 0 atom stereocenters. The third kappa shape index (κ3) is 3.91. The SMILES string of the molecule is Cc1ccc(-c2cc(-c3cc(S(=O)(=O)NC4CC(O)C4)ccc3C)cnc2N)[nH]1. The summed E-state index contributed by atoms with van der Waals surface area (Å²) in [5, 5.41) is 9.40. The van der Waals surface area contributed by atoms with Gasteiger partial charge in [0.1, 0.15) is 5.82 Å². The minimum absolute atomic E-state index is 0.189. The highest BCUT2D eigenvalue weighted by Gasteiger charge is 2.31. The van der Waals surface area contributed by atoms with E-state index in [9.17, 15) is 13.5 Å². The lowest BCUT2D eigenvalue weighted by atomic mass is 9.91. The lowest BCUT2D eigenvalue weighted by molar-refractivity contribution is 0.0712. The molecule has 152 valence electrons. The van der Waals surface area contributed by atoms with Crippen molar-refractivity contribution in [2.24, 2.45) is 0 Å². The number of pyridine rings is 1. The monoisotopic (exact) mass is 412 g/mol. The number of hydrogen-bond acceptors (Lipinski definition) is 5. The summed E-state index contributed by atoms with van der Waals surface area (Å²) in [5.41, 5.74) is 11.2. The number of aromatic amines is 1. The van der Waals surface area contributed by atoms with Gasteiger partial charge in [0.25, 0.3) is 0 Å². The first kappa shape index (κ1) is 19.6. The molecule has 1 aromatic carbocycles. The van der Waals surface area contributed by atoms with Crippen LogP contribution >= 0.6 is 0 Å². The number of H-pyrrole nitrogens is 1. The lowest BCUT2D eigenvalue weighted by Gasteiger charge is -2.31. The summed E-state index contributed by atoms with van der Waals surface area (Å²) in [6.07, 6.45) is 2.12. The highest BCUT2D eigenvalue weighted by atomic mass is 32.2. The molecule has 4 rings (SSSR count). The zero-order valence-corrected chi connectivity index (χ0v) is 17.1. The summed E-state index contributed by atoms with van der Waals surface area (Å²) in [6, 6.07) is 10.6. The van der Waals surface area contributed by atoms with E-state index in [4.69, 9.17) is 5.73 Å². The Hall–Kier alpha value is -2.68. The Kier molecular flexibility index (Phi) is 4.94. The van der Waals surface area contributed by atoms with E-state index < -0.39 is 16.1 Å². The van der Waals surface area contributed by atoms with Crippen LogP contribution in [0.25, 0.3) is 22.4 Å². The van der Waals surface area contributed by atoms with Crippen LogP contribution in [0.2, 0.25) is 0 Å². The van der Waals surface area contributed by atoms with Crippen molar-refractivity contribution in [3.63, 3.8) is 0 Å². The van der Waals surface area contributed by atoms with Gasteiger partial charge >= 0.3 is 0 Å². The van der Waals surface area contributed by atoms with Crippen LogP contribution in [-0.2, 0) is 10.0 Å². The Bertz CT molecular complexity index is 1160.